The molecule has 0 aliphatic rings. The highest BCUT2D eigenvalue weighted by Gasteiger charge is 2.16. The van der Waals surface area contributed by atoms with Crippen molar-refractivity contribution in [3.05, 3.63) is 50.1 Å². The molecule has 0 bridgehead atoms. The second-order valence-electron chi connectivity index (χ2n) is 4.57. The molecule has 1 unspecified atom stereocenters. The van der Waals surface area contributed by atoms with Crippen LogP contribution in [0.2, 0.25) is 0 Å². The number of benzene rings is 1. The van der Waals surface area contributed by atoms with Crippen LogP contribution in [0.3, 0.4) is 0 Å². The molecule has 5 heteroatoms. The Morgan fingerprint density at radius 2 is 2.20 bits per heavy atom. The van der Waals surface area contributed by atoms with Crippen LogP contribution in [0.15, 0.2) is 40.2 Å². The van der Waals surface area contributed by atoms with Crippen molar-refractivity contribution in [2.45, 2.75) is 19.4 Å². The Kier molecular flexibility index (Phi) is 4.51. The molecule has 3 aromatic rings. The van der Waals surface area contributed by atoms with E-state index >= 15 is 0 Å². The van der Waals surface area contributed by atoms with Crippen LogP contribution >= 0.6 is 38.6 Å². The summed E-state index contributed by atoms with van der Waals surface area (Å²) in [5.41, 5.74) is 1.10. The van der Waals surface area contributed by atoms with Crippen molar-refractivity contribution in [2.75, 3.05) is 6.54 Å². The Labute approximate surface area is 135 Å². The molecule has 1 aromatic carbocycles. The van der Waals surface area contributed by atoms with Gasteiger partial charge in [0.05, 0.1) is 16.3 Å². The van der Waals surface area contributed by atoms with E-state index in [2.05, 4.69) is 57.8 Å². The van der Waals surface area contributed by atoms with Crippen molar-refractivity contribution < 1.29 is 0 Å². The molecule has 0 saturated carbocycles. The van der Waals surface area contributed by atoms with E-state index in [4.69, 9.17) is 4.98 Å². The Morgan fingerprint density at radius 3 is 2.90 bits per heavy atom. The lowest BCUT2D eigenvalue weighted by Gasteiger charge is -2.14. The molecule has 2 heterocycles. The van der Waals surface area contributed by atoms with E-state index in [1.54, 1.807) is 22.7 Å². The quantitative estimate of drug-likeness (QED) is 0.685. The number of hydrogen-bond donors (Lipinski definition) is 1. The van der Waals surface area contributed by atoms with E-state index in [0.717, 1.165) is 23.0 Å². The van der Waals surface area contributed by atoms with Gasteiger partial charge in [-0.05, 0) is 40.7 Å². The van der Waals surface area contributed by atoms with Crippen molar-refractivity contribution in [2.24, 2.45) is 0 Å². The maximum atomic E-state index is 4.78. The first-order valence-corrected chi connectivity index (χ1v) is 9.07. The van der Waals surface area contributed by atoms with Crippen molar-refractivity contribution in [3.63, 3.8) is 0 Å². The number of rotatable bonds is 5. The summed E-state index contributed by atoms with van der Waals surface area (Å²) in [5.74, 6) is 0. The number of thiophene rings is 1. The fourth-order valence-corrected chi connectivity index (χ4v) is 4.74. The van der Waals surface area contributed by atoms with Gasteiger partial charge >= 0.3 is 0 Å². The molecule has 0 spiro atoms. The number of hydrogen-bond acceptors (Lipinski definition) is 4. The van der Waals surface area contributed by atoms with Gasteiger partial charge < -0.3 is 5.32 Å². The van der Waals surface area contributed by atoms with Gasteiger partial charge in [0.25, 0.3) is 0 Å². The number of thiazole rings is 1. The Bertz CT molecular complexity index is 672. The molecular formula is C15H15BrN2S2. The third-order valence-electron chi connectivity index (χ3n) is 3.09. The molecule has 0 aliphatic heterocycles. The van der Waals surface area contributed by atoms with E-state index in [0.29, 0.717) is 6.04 Å². The molecule has 2 aromatic heterocycles. The standard InChI is InChI=1S/C15H15BrN2S2/c1-2-17-13(8-11-7-10(16)9-19-11)15-18-12-5-3-4-6-14(12)20-15/h3-7,9,13,17H,2,8H2,1H3. The molecule has 0 fully saturated rings. The van der Waals surface area contributed by atoms with Crippen LogP contribution in [0, 0.1) is 0 Å². The van der Waals surface area contributed by atoms with Gasteiger partial charge in [-0.3, -0.25) is 0 Å². The number of likely N-dealkylation sites (N-methyl/N-ethyl adjacent to an activating group) is 1. The molecule has 0 radical (unpaired) electrons. The fraction of sp³-hybridized carbons (Fsp3) is 0.267. The first-order valence-electron chi connectivity index (χ1n) is 6.58. The van der Waals surface area contributed by atoms with E-state index < -0.39 is 0 Å². The second-order valence-corrected chi connectivity index (χ2v) is 7.54. The lowest BCUT2D eigenvalue weighted by molar-refractivity contribution is 0.551. The normalized spacial score (nSPS) is 12.9. The van der Waals surface area contributed by atoms with Crippen molar-refractivity contribution in [1.29, 1.82) is 0 Å². The SMILES string of the molecule is CCNC(Cc1cc(Br)cs1)c1nc2ccccc2s1. The third kappa shape index (κ3) is 3.11. The van der Waals surface area contributed by atoms with Crippen LogP contribution in [-0.4, -0.2) is 11.5 Å². The van der Waals surface area contributed by atoms with Crippen LogP contribution in [-0.2, 0) is 6.42 Å². The minimum absolute atomic E-state index is 0.294. The summed E-state index contributed by atoms with van der Waals surface area (Å²) in [6.07, 6.45) is 0.990. The van der Waals surface area contributed by atoms with E-state index in [1.165, 1.54) is 14.6 Å². The van der Waals surface area contributed by atoms with Crippen LogP contribution in [0.5, 0.6) is 0 Å². The van der Waals surface area contributed by atoms with Gasteiger partial charge in [-0.25, -0.2) is 4.98 Å². The topological polar surface area (TPSA) is 24.9 Å². The van der Waals surface area contributed by atoms with Gasteiger partial charge in [-0.1, -0.05) is 19.1 Å². The lowest BCUT2D eigenvalue weighted by atomic mass is 10.2. The summed E-state index contributed by atoms with van der Waals surface area (Å²) >= 11 is 7.11. The number of aromatic nitrogens is 1. The molecule has 2 nitrogen and oxygen atoms in total. The number of nitrogens with zero attached hydrogens (tertiary/aromatic N) is 1. The summed E-state index contributed by atoms with van der Waals surface area (Å²) in [6, 6.07) is 10.8. The zero-order chi connectivity index (χ0) is 13.9. The van der Waals surface area contributed by atoms with E-state index in [9.17, 15) is 0 Å². The Morgan fingerprint density at radius 1 is 1.35 bits per heavy atom. The molecule has 0 amide bonds. The van der Waals surface area contributed by atoms with Gasteiger partial charge in [-0.2, -0.15) is 0 Å². The van der Waals surface area contributed by atoms with Crippen molar-refractivity contribution in [1.82, 2.24) is 10.3 Å². The summed E-state index contributed by atoms with van der Waals surface area (Å²) < 4.78 is 2.43. The number of halogens is 1. The second kappa shape index (κ2) is 6.35. The smallest absolute Gasteiger partial charge is 0.111 e. The van der Waals surface area contributed by atoms with Gasteiger partial charge in [0, 0.05) is 21.2 Å². The van der Waals surface area contributed by atoms with Crippen LogP contribution < -0.4 is 5.32 Å². The zero-order valence-corrected chi connectivity index (χ0v) is 14.3. The molecule has 20 heavy (non-hydrogen) atoms. The van der Waals surface area contributed by atoms with Crippen molar-refractivity contribution in [3.8, 4) is 0 Å². The highest BCUT2D eigenvalue weighted by atomic mass is 79.9. The first kappa shape index (κ1) is 14.2. The molecule has 3 rings (SSSR count). The first-order chi connectivity index (χ1) is 9.76. The van der Waals surface area contributed by atoms with Gasteiger partial charge in [0.2, 0.25) is 0 Å². The van der Waals surface area contributed by atoms with Crippen LogP contribution in [0.4, 0.5) is 0 Å². The zero-order valence-electron chi connectivity index (χ0n) is 11.1. The maximum Gasteiger partial charge on any atom is 0.111 e. The third-order valence-corrected chi connectivity index (χ3v) is 5.96. The maximum absolute atomic E-state index is 4.78. The fourth-order valence-electron chi connectivity index (χ4n) is 2.19. The number of fused-ring (bicyclic) bond motifs is 1. The predicted octanol–water partition coefficient (Wildman–Crippen LogP) is 5.01. The Hall–Kier alpha value is -0.750. The predicted molar refractivity (Wildman–Crippen MR) is 91.8 cm³/mol. The van der Waals surface area contributed by atoms with Gasteiger partial charge in [0.1, 0.15) is 5.01 Å². The summed E-state index contributed by atoms with van der Waals surface area (Å²) in [5, 5.41) is 6.87. The lowest BCUT2D eigenvalue weighted by Crippen LogP contribution is -2.22. The number of para-hydroxylation sites is 1. The molecule has 0 aliphatic carbocycles. The molecular weight excluding hydrogens is 352 g/mol. The summed E-state index contributed by atoms with van der Waals surface area (Å²) in [4.78, 5) is 6.16. The summed E-state index contributed by atoms with van der Waals surface area (Å²) in [6.45, 7) is 3.10. The highest BCUT2D eigenvalue weighted by molar-refractivity contribution is 9.10. The Balaban J connectivity index is 1.89. The monoisotopic (exact) mass is 366 g/mol. The van der Waals surface area contributed by atoms with E-state index in [1.807, 2.05) is 6.07 Å². The largest absolute Gasteiger partial charge is 0.308 e. The average Bonchev–Trinajstić information content (AvgIpc) is 3.04. The van der Waals surface area contributed by atoms with Gasteiger partial charge in [0.15, 0.2) is 0 Å². The van der Waals surface area contributed by atoms with Crippen LogP contribution in [0.25, 0.3) is 10.2 Å². The minimum atomic E-state index is 0.294. The molecule has 1 N–H and O–H groups in total. The van der Waals surface area contributed by atoms with E-state index in [-0.39, 0.29) is 0 Å². The molecule has 1 atom stereocenters. The molecule has 0 saturated heterocycles. The number of nitrogens with one attached hydrogen (secondary N) is 1. The summed E-state index contributed by atoms with van der Waals surface area (Å²) in [7, 11) is 0. The average molecular weight is 367 g/mol. The van der Waals surface area contributed by atoms with Crippen LogP contribution in [0.1, 0.15) is 22.9 Å². The highest BCUT2D eigenvalue weighted by Crippen LogP contribution is 2.30. The van der Waals surface area contributed by atoms with Gasteiger partial charge in [-0.15, -0.1) is 22.7 Å². The minimum Gasteiger partial charge on any atom is -0.308 e. The van der Waals surface area contributed by atoms with Crippen molar-refractivity contribution >= 4 is 48.8 Å². The molecule has 104 valence electrons.